The molecule has 2 aromatic carbocycles. The van der Waals surface area contributed by atoms with Crippen LogP contribution in [0.3, 0.4) is 0 Å². The summed E-state index contributed by atoms with van der Waals surface area (Å²) in [5, 5.41) is 2.75. The maximum absolute atomic E-state index is 13.8. The third-order valence-corrected chi connectivity index (χ3v) is 4.12. The summed E-state index contributed by atoms with van der Waals surface area (Å²) in [7, 11) is 4.42. The lowest BCUT2D eigenvalue weighted by Gasteiger charge is -2.21. The zero-order chi connectivity index (χ0) is 19.4. The van der Waals surface area contributed by atoms with Gasteiger partial charge in [0.2, 0.25) is 5.75 Å². The van der Waals surface area contributed by atoms with Crippen molar-refractivity contribution in [2.45, 2.75) is 13.2 Å². The molecule has 2 aromatic rings. The summed E-state index contributed by atoms with van der Waals surface area (Å²) in [4.78, 5) is 12.6. The molecular weight excluding hydrogens is 357 g/mol. The van der Waals surface area contributed by atoms with Crippen LogP contribution >= 0.6 is 0 Å². The molecule has 1 heterocycles. The largest absolute Gasteiger partial charge is 0.493 e. The molecule has 1 amide bonds. The van der Waals surface area contributed by atoms with E-state index < -0.39 is 5.82 Å². The van der Waals surface area contributed by atoms with Gasteiger partial charge in [-0.05, 0) is 24.3 Å². The third kappa shape index (κ3) is 3.90. The molecule has 0 saturated carbocycles. The molecule has 0 atom stereocenters. The summed E-state index contributed by atoms with van der Waals surface area (Å²) in [6, 6.07) is 5.78. The molecule has 1 N–H and O–H groups in total. The molecule has 8 heteroatoms. The van der Waals surface area contributed by atoms with Crippen LogP contribution in [0.15, 0.2) is 24.3 Å². The summed E-state index contributed by atoms with van der Waals surface area (Å²) < 4.78 is 40.2. The Bertz CT molecular complexity index is 829. The molecule has 3 rings (SSSR count). The average Bonchev–Trinajstić information content (AvgIpc) is 2.70. The number of carbonyl (C=O) groups excluding carboxylic acids is 1. The number of hydrogen-bond donors (Lipinski definition) is 1. The lowest BCUT2D eigenvalue weighted by molar-refractivity contribution is -0.0173. The predicted octanol–water partition coefficient (Wildman–Crippen LogP) is 2.65. The lowest BCUT2D eigenvalue weighted by Crippen LogP contribution is -2.24. The Morgan fingerprint density at radius 1 is 1.11 bits per heavy atom. The molecule has 0 aliphatic carbocycles. The summed E-state index contributed by atoms with van der Waals surface area (Å²) in [5.41, 5.74) is 1.46. The molecular formula is C19H20FNO6. The van der Waals surface area contributed by atoms with E-state index in [9.17, 15) is 9.18 Å². The van der Waals surface area contributed by atoms with E-state index in [0.717, 1.165) is 0 Å². The number of carbonyl (C=O) groups is 1. The first-order chi connectivity index (χ1) is 13.1. The van der Waals surface area contributed by atoms with Crippen molar-refractivity contribution in [1.29, 1.82) is 0 Å². The number of nitrogens with one attached hydrogen (secondary N) is 1. The number of halogens is 1. The van der Waals surface area contributed by atoms with Gasteiger partial charge in [0.25, 0.3) is 5.91 Å². The van der Waals surface area contributed by atoms with Gasteiger partial charge in [-0.15, -0.1) is 0 Å². The Labute approximate surface area is 155 Å². The number of methoxy groups -OCH3 is 3. The minimum absolute atomic E-state index is 0.0897. The van der Waals surface area contributed by atoms with Gasteiger partial charge in [-0.3, -0.25) is 4.79 Å². The number of fused-ring (bicyclic) bond motifs is 1. The van der Waals surface area contributed by atoms with E-state index in [1.165, 1.54) is 33.5 Å². The van der Waals surface area contributed by atoms with E-state index in [0.29, 0.717) is 39.7 Å². The van der Waals surface area contributed by atoms with Crippen molar-refractivity contribution in [3.05, 3.63) is 46.8 Å². The standard InChI is InChI=1S/C19H20FNO6/c1-23-15-6-11(7-16(24-2)18(15)25-3)19(22)21-8-12-4-14(20)5-13-9-26-10-27-17(12)13/h4-7H,8-10H2,1-3H3,(H,21,22). The van der Waals surface area contributed by atoms with Gasteiger partial charge >= 0.3 is 0 Å². The van der Waals surface area contributed by atoms with E-state index in [2.05, 4.69) is 5.32 Å². The first-order valence-electron chi connectivity index (χ1n) is 8.17. The second-order valence-corrected chi connectivity index (χ2v) is 5.76. The highest BCUT2D eigenvalue weighted by molar-refractivity contribution is 5.95. The molecule has 0 fully saturated rings. The molecule has 1 aliphatic rings. The first-order valence-corrected chi connectivity index (χ1v) is 8.17. The minimum Gasteiger partial charge on any atom is -0.493 e. The highest BCUT2D eigenvalue weighted by Crippen LogP contribution is 2.38. The van der Waals surface area contributed by atoms with Crippen molar-refractivity contribution in [2.24, 2.45) is 0 Å². The van der Waals surface area contributed by atoms with Gasteiger partial charge < -0.3 is 29.0 Å². The Morgan fingerprint density at radius 2 is 1.81 bits per heavy atom. The molecule has 0 spiro atoms. The number of ether oxygens (including phenoxy) is 5. The Hall–Kier alpha value is -3.00. The fourth-order valence-electron chi connectivity index (χ4n) is 2.88. The van der Waals surface area contributed by atoms with Crippen LogP contribution in [-0.4, -0.2) is 34.0 Å². The van der Waals surface area contributed by atoms with E-state index >= 15 is 0 Å². The van der Waals surface area contributed by atoms with Gasteiger partial charge in [-0.1, -0.05) is 0 Å². The maximum atomic E-state index is 13.8. The van der Waals surface area contributed by atoms with Crippen LogP contribution in [0.25, 0.3) is 0 Å². The smallest absolute Gasteiger partial charge is 0.251 e. The normalized spacial score (nSPS) is 12.6. The van der Waals surface area contributed by atoms with Crippen LogP contribution in [0.5, 0.6) is 23.0 Å². The van der Waals surface area contributed by atoms with Crippen LogP contribution in [0.4, 0.5) is 4.39 Å². The quantitative estimate of drug-likeness (QED) is 0.834. The molecule has 144 valence electrons. The highest BCUT2D eigenvalue weighted by Gasteiger charge is 2.19. The van der Waals surface area contributed by atoms with Crippen molar-refractivity contribution < 1.29 is 32.9 Å². The van der Waals surface area contributed by atoms with Crippen molar-refractivity contribution >= 4 is 5.91 Å². The van der Waals surface area contributed by atoms with Crippen LogP contribution in [0.1, 0.15) is 21.5 Å². The third-order valence-electron chi connectivity index (χ3n) is 4.12. The Morgan fingerprint density at radius 3 is 2.44 bits per heavy atom. The maximum Gasteiger partial charge on any atom is 0.251 e. The van der Waals surface area contributed by atoms with E-state index in [4.69, 9.17) is 23.7 Å². The predicted molar refractivity (Wildman–Crippen MR) is 94.0 cm³/mol. The zero-order valence-electron chi connectivity index (χ0n) is 15.3. The number of amides is 1. The fourth-order valence-corrected chi connectivity index (χ4v) is 2.88. The van der Waals surface area contributed by atoms with Crippen LogP contribution in [0.2, 0.25) is 0 Å². The highest BCUT2D eigenvalue weighted by atomic mass is 19.1. The molecule has 0 bridgehead atoms. The van der Waals surface area contributed by atoms with Gasteiger partial charge in [0.05, 0.1) is 27.9 Å². The fraction of sp³-hybridized carbons (Fsp3) is 0.316. The number of benzene rings is 2. The van der Waals surface area contributed by atoms with Crippen molar-refractivity contribution in [2.75, 3.05) is 28.1 Å². The molecule has 0 saturated heterocycles. The second kappa shape index (κ2) is 8.13. The molecule has 0 radical (unpaired) electrons. The van der Waals surface area contributed by atoms with Crippen LogP contribution in [-0.2, 0) is 17.9 Å². The Balaban J connectivity index is 1.82. The molecule has 1 aliphatic heterocycles. The molecule has 27 heavy (non-hydrogen) atoms. The monoisotopic (exact) mass is 377 g/mol. The van der Waals surface area contributed by atoms with Crippen LogP contribution in [0, 0.1) is 5.82 Å². The SMILES string of the molecule is COc1cc(C(=O)NCc2cc(F)cc3c2OCOC3)cc(OC)c1OC. The van der Waals surface area contributed by atoms with Gasteiger partial charge in [-0.25, -0.2) is 4.39 Å². The average molecular weight is 377 g/mol. The summed E-state index contributed by atoms with van der Waals surface area (Å²) in [6.45, 7) is 0.447. The van der Waals surface area contributed by atoms with E-state index in [1.807, 2.05) is 0 Å². The van der Waals surface area contributed by atoms with Crippen molar-refractivity contribution in [1.82, 2.24) is 5.32 Å². The summed E-state index contributed by atoms with van der Waals surface area (Å²) in [5.74, 6) is 0.868. The lowest BCUT2D eigenvalue weighted by atomic mass is 10.1. The van der Waals surface area contributed by atoms with E-state index in [-0.39, 0.29) is 25.9 Å². The molecule has 0 aromatic heterocycles. The molecule has 7 nitrogen and oxygen atoms in total. The van der Waals surface area contributed by atoms with Gasteiger partial charge in [0.15, 0.2) is 18.3 Å². The topological polar surface area (TPSA) is 75.3 Å². The van der Waals surface area contributed by atoms with Crippen LogP contribution < -0.4 is 24.3 Å². The number of hydrogen-bond acceptors (Lipinski definition) is 6. The van der Waals surface area contributed by atoms with E-state index in [1.54, 1.807) is 12.1 Å². The van der Waals surface area contributed by atoms with Gasteiger partial charge in [0, 0.05) is 23.2 Å². The second-order valence-electron chi connectivity index (χ2n) is 5.76. The summed E-state index contributed by atoms with van der Waals surface area (Å²) >= 11 is 0. The Kier molecular flexibility index (Phi) is 5.66. The van der Waals surface area contributed by atoms with Gasteiger partial charge in [-0.2, -0.15) is 0 Å². The molecule has 0 unspecified atom stereocenters. The van der Waals surface area contributed by atoms with Gasteiger partial charge in [0.1, 0.15) is 11.6 Å². The first kappa shape index (κ1) is 18.8. The van der Waals surface area contributed by atoms with Crippen molar-refractivity contribution in [3.63, 3.8) is 0 Å². The zero-order valence-corrected chi connectivity index (χ0v) is 15.3. The van der Waals surface area contributed by atoms with Crippen molar-refractivity contribution in [3.8, 4) is 23.0 Å². The minimum atomic E-state index is -0.417. The number of rotatable bonds is 6. The summed E-state index contributed by atoms with van der Waals surface area (Å²) in [6.07, 6.45) is 0.